The first-order chi connectivity index (χ1) is 11.4. The summed E-state index contributed by atoms with van der Waals surface area (Å²) in [6, 6.07) is 0. The lowest BCUT2D eigenvalue weighted by molar-refractivity contribution is -0.104. The lowest BCUT2D eigenvalue weighted by atomic mass is 9.72. The third kappa shape index (κ3) is 5.71. The number of hydrogen-bond donors (Lipinski definition) is 0. The highest BCUT2D eigenvalue weighted by molar-refractivity contribution is 5.66. The van der Waals surface area contributed by atoms with Crippen LogP contribution in [0.3, 0.4) is 0 Å². The van der Waals surface area contributed by atoms with Gasteiger partial charge >= 0.3 is 0 Å². The van der Waals surface area contributed by atoms with Crippen LogP contribution >= 0.6 is 0 Å². The van der Waals surface area contributed by atoms with E-state index in [0.717, 1.165) is 18.1 Å². The zero-order valence-electron chi connectivity index (χ0n) is 17.5. The van der Waals surface area contributed by atoms with Gasteiger partial charge in [0.05, 0.1) is 0 Å². The number of allylic oxidation sites excluding steroid dienone is 10. The van der Waals surface area contributed by atoms with Crippen LogP contribution in [0, 0.1) is 5.41 Å². The molecule has 0 aliphatic heterocycles. The first kappa shape index (κ1) is 12.0. The van der Waals surface area contributed by atoms with Crippen molar-refractivity contribution in [3.63, 3.8) is 0 Å². The number of rotatable bonds is 5. The first-order valence-corrected chi connectivity index (χ1v) is 7.39. The van der Waals surface area contributed by atoms with Crippen molar-refractivity contribution < 1.29 is 10.3 Å². The van der Waals surface area contributed by atoms with E-state index in [1.54, 1.807) is 12.2 Å². The van der Waals surface area contributed by atoms with Gasteiger partial charge < -0.3 is 0 Å². The first-order valence-electron chi connectivity index (χ1n) is 9.39. The minimum Gasteiger partial charge on any atom is -0.299 e. The molecule has 1 nitrogen and oxygen atoms in total. The maximum Gasteiger partial charge on any atom is 0.143 e. The minimum atomic E-state index is -2.40. The Bertz CT molecular complexity index is 656. The Morgan fingerprint density at radius 3 is 2.67 bits per heavy atom. The number of carbonyl (C=O) groups is 1. The Morgan fingerprint density at radius 1 is 1.29 bits per heavy atom. The third-order valence-corrected chi connectivity index (χ3v) is 3.90. The normalized spacial score (nSPS) is 24.0. The van der Waals surface area contributed by atoms with E-state index in [2.05, 4.69) is 26.8 Å². The van der Waals surface area contributed by atoms with Gasteiger partial charge in [0.1, 0.15) is 7.63 Å². The van der Waals surface area contributed by atoms with Gasteiger partial charge in [-0.1, -0.05) is 55.4 Å². The van der Waals surface area contributed by atoms with Crippen molar-refractivity contribution in [3.05, 3.63) is 58.7 Å². The van der Waals surface area contributed by atoms with Crippen molar-refractivity contribution in [3.8, 4) is 0 Å². The molecule has 1 aliphatic rings. The van der Waals surface area contributed by atoms with Crippen LogP contribution in [0.1, 0.15) is 59.3 Å². The molecule has 0 N–H and O–H groups in total. The van der Waals surface area contributed by atoms with Gasteiger partial charge in [-0.15, -0.1) is 0 Å². The molecule has 0 aromatic carbocycles. The standard InChI is InChI=1S/C20H28O/c1-16(8-6-9-17(2)13-15-21)11-12-19-18(3)10-7-14-20(19,4)5/h6,8-9,11-13,15H,7,10,14H2,1-5H3/b9-6+,12-11+,16-8+,17-13+/i2D3,15D. The van der Waals surface area contributed by atoms with Gasteiger partial charge in [-0.05, 0) is 62.6 Å². The molecule has 0 fully saturated rings. The Morgan fingerprint density at radius 2 is 2.05 bits per heavy atom. The fourth-order valence-corrected chi connectivity index (χ4v) is 2.70. The van der Waals surface area contributed by atoms with Gasteiger partial charge in [-0.25, -0.2) is 0 Å². The third-order valence-electron chi connectivity index (χ3n) is 3.90. The quantitative estimate of drug-likeness (QED) is 0.359. The van der Waals surface area contributed by atoms with Gasteiger partial charge in [0.25, 0.3) is 0 Å². The fraction of sp³-hybridized carbons (Fsp3) is 0.450. The molecule has 0 atom stereocenters. The molecular formula is C20H28O. The number of hydrogen-bond acceptors (Lipinski definition) is 1. The highest BCUT2D eigenvalue weighted by Gasteiger charge is 2.26. The molecule has 0 bridgehead atoms. The molecule has 1 aliphatic carbocycles. The second kappa shape index (κ2) is 7.97. The molecule has 1 rings (SSSR count). The van der Waals surface area contributed by atoms with E-state index >= 15 is 0 Å². The van der Waals surface area contributed by atoms with Gasteiger partial charge in [0.2, 0.25) is 0 Å². The molecule has 21 heavy (non-hydrogen) atoms. The second-order valence-corrected chi connectivity index (χ2v) is 6.25. The van der Waals surface area contributed by atoms with Gasteiger partial charge in [0.15, 0.2) is 0 Å². The highest BCUT2D eigenvalue weighted by atomic mass is 16.1. The molecule has 0 unspecified atom stereocenters. The summed E-state index contributed by atoms with van der Waals surface area (Å²) in [5.74, 6) is 0. The van der Waals surface area contributed by atoms with Crippen molar-refractivity contribution in [2.45, 2.75) is 53.8 Å². The van der Waals surface area contributed by atoms with Crippen molar-refractivity contribution in [1.82, 2.24) is 0 Å². The van der Waals surface area contributed by atoms with Crippen LogP contribution < -0.4 is 0 Å². The number of aldehydes is 1. The van der Waals surface area contributed by atoms with Gasteiger partial charge in [-0.3, -0.25) is 4.79 Å². The second-order valence-electron chi connectivity index (χ2n) is 6.25. The molecule has 0 spiro atoms. The average Bonchev–Trinajstić information content (AvgIpc) is 2.43. The molecule has 0 heterocycles. The summed E-state index contributed by atoms with van der Waals surface area (Å²) in [4.78, 5) is 10.8. The predicted molar refractivity (Wildman–Crippen MR) is 92.2 cm³/mol. The van der Waals surface area contributed by atoms with Crippen molar-refractivity contribution in [1.29, 1.82) is 0 Å². The summed E-state index contributed by atoms with van der Waals surface area (Å²) in [7, 11) is 0. The molecule has 114 valence electrons. The zero-order valence-corrected chi connectivity index (χ0v) is 13.5. The van der Waals surface area contributed by atoms with Crippen LogP contribution in [0.2, 0.25) is 0 Å². The van der Waals surface area contributed by atoms with E-state index in [1.165, 1.54) is 30.1 Å². The largest absolute Gasteiger partial charge is 0.299 e. The van der Waals surface area contributed by atoms with Gasteiger partial charge in [-0.2, -0.15) is 0 Å². The van der Waals surface area contributed by atoms with Crippen LogP contribution in [-0.4, -0.2) is 6.26 Å². The lowest BCUT2D eigenvalue weighted by Crippen LogP contribution is -2.19. The maximum absolute atomic E-state index is 10.8. The van der Waals surface area contributed by atoms with E-state index in [-0.39, 0.29) is 11.0 Å². The molecule has 0 radical (unpaired) electrons. The van der Waals surface area contributed by atoms with Crippen molar-refractivity contribution in [2.24, 2.45) is 5.41 Å². The topological polar surface area (TPSA) is 17.1 Å². The van der Waals surface area contributed by atoms with Crippen LogP contribution in [0.5, 0.6) is 0 Å². The Hall–Kier alpha value is -1.63. The Balaban J connectivity index is 2.93. The molecule has 0 aromatic rings. The average molecular weight is 288 g/mol. The summed E-state index contributed by atoms with van der Waals surface area (Å²) in [6.07, 6.45) is 12.3. The molecule has 0 saturated heterocycles. The summed E-state index contributed by atoms with van der Waals surface area (Å²) in [6.45, 7) is 6.25. The predicted octanol–water partition coefficient (Wildman–Crippen LogP) is 5.72. The van der Waals surface area contributed by atoms with E-state index in [4.69, 9.17) is 5.48 Å². The SMILES string of the molecule is [2H]C(=O)/C=C(/C=C/C=C(C)/C=C/C1=C(C)CCCC1(C)C)C([2H])([2H])[2H]. The monoisotopic (exact) mass is 288 g/mol. The van der Waals surface area contributed by atoms with Gasteiger partial charge in [0, 0.05) is 4.11 Å². The molecule has 1 heteroatoms. The van der Waals surface area contributed by atoms with E-state index in [1.807, 2.05) is 13.0 Å². The summed E-state index contributed by atoms with van der Waals surface area (Å²) in [5.41, 5.74) is 3.84. The highest BCUT2D eigenvalue weighted by Crippen LogP contribution is 2.40. The summed E-state index contributed by atoms with van der Waals surface area (Å²) in [5, 5.41) is 0. The van der Waals surface area contributed by atoms with Crippen molar-refractivity contribution >= 4 is 6.26 Å². The summed E-state index contributed by atoms with van der Waals surface area (Å²) >= 11 is 0. The van der Waals surface area contributed by atoms with E-state index < -0.39 is 13.1 Å². The maximum atomic E-state index is 10.8. The van der Waals surface area contributed by atoms with Crippen LogP contribution in [0.4, 0.5) is 0 Å². The smallest absolute Gasteiger partial charge is 0.143 e. The minimum absolute atomic E-state index is 0.132. The Labute approximate surface area is 135 Å². The van der Waals surface area contributed by atoms with E-state index in [9.17, 15) is 4.79 Å². The molecule has 0 saturated carbocycles. The molecule has 0 aromatic heterocycles. The zero-order chi connectivity index (χ0) is 19.3. The van der Waals surface area contributed by atoms with Crippen molar-refractivity contribution in [2.75, 3.05) is 0 Å². The van der Waals surface area contributed by atoms with E-state index in [0.29, 0.717) is 0 Å². The van der Waals surface area contributed by atoms with Crippen LogP contribution in [0.25, 0.3) is 0 Å². The Kier molecular flexibility index (Phi) is 4.54. The molecule has 0 amide bonds. The summed E-state index contributed by atoms with van der Waals surface area (Å²) < 4.78 is 29.1. The number of carbonyl (C=O) groups excluding carboxylic acids is 1. The van der Waals surface area contributed by atoms with Crippen LogP contribution in [0.15, 0.2) is 58.7 Å². The lowest BCUT2D eigenvalue weighted by Gasteiger charge is -2.32. The fourth-order valence-electron chi connectivity index (χ4n) is 2.70. The van der Waals surface area contributed by atoms with Crippen LogP contribution in [-0.2, 0) is 4.79 Å². The molecular weight excluding hydrogens is 256 g/mol.